The SMILES string of the molecule is CC(=NNC(=O)CSc1nnc(-c2ccc(Cl)cc2)n1-c1ccc(Cl)cc1)c1cccc2ccccc12. The average Bonchev–Trinajstić information content (AvgIpc) is 3.35. The van der Waals surface area contributed by atoms with Gasteiger partial charge in [0.25, 0.3) is 5.91 Å². The molecular formula is C28H21Cl2N5OS. The van der Waals surface area contributed by atoms with Gasteiger partial charge in [-0.3, -0.25) is 9.36 Å². The second-order valence-electron chi connectivity index (χ2n) is 8.17. The van der Waals surface area contributed by atoms with Crippen LogP contribution in [0.3, 0.4) is 0 Å². The molecule has 1 amide bonds. The van der Waals surface area contributed by atoms with E-state index in [0.29, 0.717) is 21.0 Å². The molecule has 37 heavy (non-hydrogen) atoms. The van der Waals surface area contributed by atoms with Crippen LogP contribution in [0.2, 0.25) is 10.0 Å². The van der Waals surface area contributed by atoms with E-state index in [1.807, 2.05) is 66.1 Å². The van der Waals surface area contributed by atoms with Crippen molar-refractivity contribution in [1.29, 1.82) is 0 Å². The number of aromatic nitrogens is 3. The summed E-state index contributed by atoms with van der Waals surface area (Å²) in [5, 5.41) is 17.1. The van der Waals surface area contributed by atoms with E-state index in [4.69, 9.17) is 23.2 Å². The normalized spacial score (nSPS) is 11.6. The summed E-state index contributed by atoms with van der Waals surface area (Å²) in [5.74, 6) is 0.494. The Kier molecular flexibility index (Phi) is 7.55. The van der Waals surface area contributed by atoms with E-state index < -0.39 is 0 Å². The molecule has 5 rings (SSSR count). The van der Waals surface area contributed by atoms with Crippen molar-refractivity contribution in [2.75, 3.05) is 5.75 Å². The molecule has 0 saturated carbocycles. The zero-order valence-corrected chi connectivity index (χ0v) is 22.1. The third-order valence-electron chi connectivity index (χ3n) is 5.68. The lowest BCUT2D eigenvalue weighted by atomic mass is 10.0. The molecule has 0 spiro atoms. The van der Waals surface area contributed by atoms with Crippen LogP contribution in [0.25, 0.3) is 27.8 Å². The Balaban J connectivity index is 1.35. The quantitative estimate of drug-likeness (QED) is 0.135. The van der Waals surface area contributed by atoms with Gasteiger partial charge in [0.1, 0.15) is 0 Å². The van der Waals surface area contributed by atoms with Crippen LogP contribution in [0.1, 0.15) is 12.5 Å². The molecule has 5 aromatic rings. The first-order valence-electron chi connectivity index (χ1n) is 11.4. The Morgan fingerprint density at radius 2 is 1.57 bits per heavy atom. The summed E-state index contributed by atoms with van der Waals surface area (Å²) >= 11 is 13.4. The van der Waals surface area contributed by atoms with Gasteiger partial charge >= 0.3 is 0 Å². The van der Waals surface area contributed by atoms with E-state index in [2.05, 4.69) is 32.9 Å². The number of nitrogens with one attached hydrogen (secondary N) is 1. The number of fused-ring (bicyclic) bond motifs is 1. The molecule has 0 bridgehead atoms. The number of thioether (sulfide) groups is 1. The molecule has 0 aliphatic rings. The topological polar surface area (TPSA) is 72.2 Å². The van der Waals surface area contributed by atoms with Crippen LogP contribution < -0.4 is 5.43 Å². The van der Waals surface area contributed by atoms with E-state index in [-0.39, 0.29) is 11.7 Å². The Morgan fingerprint density at radius 3 is 2.32 bits per heavy atom. The number of hydrogen-bond donors (Lipinski definition) is 1. The number of benzene rings is 4. The second-order valence-corrected chi connectivity index (χ2v) is 9.99. The minimum Gasteiger partial charge on any atom is -0.272 e. The highest BCUT2D eigenvalue weighted by molar-refractivity contribution is 7.99. The number of carbonyl (C=O) groups excluding carboxylic acids is 1. The fourth-order valence-corrected chi connectivity index (χ4v) is 4.88. The molecule has 0 aliphatic carbocycles. The van der Waals surface area contributed by atoms with Gasteiger partial charge in [0.05, 0.1) is 11.5 Å². The molecule has 1 aromatic heterocycles. The summed E-state index contributed by atoms with van der Waals surface area (Å²) in [6.45, 7) is 1.88. The maximum Gasteiger partial charge on any atom is 0.250 e. The molecule has 6 nitrogen and oxygen atoms in total. The lowest BCUT2D eigenvalue weighted by molar-refractivity contribution is -0.118. The van der Waals surface area contributed by atoms with Crippen molar-refractivity contribution in [3.63, 3.8) is 0 Å². The highest BCUT2D eigenvalue weighted by Gasteiger charge is 2.17. The van der Waals surface area contributed by atoms with E-state index >= 15 is 0 Å². The van der Waals surface area contributed by atoms with Gasteiger partial charge in [-0.25, -0.2) is 5.43 Å². The Bertz CT molecular complexity index is 1590. The highest BCUT2D eigenvalue weighted by Crippen LogP contribution is 2.29. The first-order valence-corrected chi connectivity index (χ1v) is 13.1. The largest absolute Gasteiger partial charge is 0.272 e. The van der Waals surface area contributed by atoms with Crippen molar-refractivity contribution >= 4 is 57.4 Å². The lowest BCUT2D eigenvalue weighted by Gasteiger charge is -2.11. The fourth-order valence-electron chi connectivity index (χ4n) is 3.88. The number of nitrogens with zero attached hydrogens (tertiary/aromatic N) is 4. The summed E-state index contributed by atoms with van der Waals surface area (Å²) in [5.41, 5.74) is 6.04. The van der Waals surface area contributed by atoms with Gasteiger partial charge in [0.2, 0.25) is 0 Å². The molecule has 0 unspecified atom stereocenters. The van der Waals surface area contributed by atoms with Crippen LogP contribution in [0, 0.1) is 0 Å². The molecular weight excluding hydrogens is 525 g/mol. The molecule has 0 radical (unpaired) electrons. The fraction of sp³-hybridized carbons (Fsp3) is 0.0714. The molecule has 0 saturated heterocycles. The molecule has 184 valence electrons. The number of hydrazone groups is 1. The Hall–Kier alpha value is -3.65. The Morgan fingerprint density at radius 1 is 0.892 bits per heavy atom. The number of amides is 1. The molecule has 1 N–H and O–H groups in total. The predicted molar refractivity (Wildman–Crippen MR) is 152 cm³/mol. The van der Waals surface area contributed by atoms with Crippen molar-refractivity contribution in [2.45, 2.75) is 12.1 Å². The highest BCUT2D eigenvalue weighted by atomic mass is 35.5. The maximum atomic E-state index is 12.7. The molecule has 0 aliphatic heterocycles. The predicted octanol–water partition coefficient (Wildman–Crippen LogP) is 7.03. The number of rotatable bonds is 7. The number of hydrogen-bond acceptors (Lipinski definition) is 5. The van der Waals surface area contributed by atoms with Crippen LogP contribution >= 0.6 is 35.0 Å². The van der Waals surface area contributed by atoms with E-state index in [1.54, 1.807) is 24.3 Å². The van der Waals surface area contributed by atoms with Crippen LogP contribution in [0.15, 0.2) is 101 Å². The van der Waals surface area contributed by atoms with Crippen LogP contribution in [0.5, 0.6) is 0 Å². The van der Waals surface area contributed by atoms with Crippen molar-refractivity contribution in [3.05, 3.63) is 107 Å². The summed E-state index contributed by atoms with van der Waals surface area (Å²) in [4.78, 5) is 12.7. The van der Waals surface area contributed by atoms with E-state index in [9.17, 15) is 4.79 Å². The molecule has 0 atom stereocenters. The van der Waals surface area contributed by atoms with Crippen molar-refractivity contribution in [3.8, 4) is 17.1 Å². The average molecular weight is 546 g/mol. The van der Waals surface area contributed by atoms with Crippen molar-refractivity contribution in [1.82, 2.24) is 20.2 Å². The van der Waals surface area contributed by atoms with E-state index in [1.165, 1.54) is 11.8 Å². The van der Waals surface area contributed by atoms with Gasteiger partial charge in [-0.05, 0) is 66.2 Å². The van der Waals surface area contributed by atoms with Crippen molar-refractivity contribution < 1.29 is 4.79 Å². The Labute approximate surface area is 228 Å². The second kappa shape index (κ2) is 11.2. The maximum absolute atomic E-state index is 12.7. The smallest absolute Gasteiger partial charge is 0.250 e. The van der Waals surface area contributed by atoms with E-state index in [0.717, 1.165) is 33.3 Å². The standard InChI is InChI=1S/C28H21Cl2N5OS/c1-18(24-8-4-6-19-5-2-3-7-25(19)24)31-32-26(36)17-37-28-34-33-27(20-9-11-21(29)12-10-20)35(28)23-15-13-22(30)14-16-23/h2-16H,17H2,1H3,(H,32,36). The molecule has 4 aromatic carbocycles. The third kappa shape index (κ3) is 5.69. The first kappa shape index (κ1) is 25.0. The van der Waals surface area contributed by atoms with Gasteiger partial charge in [-0.15, -0.1) is 10.2 Å². The molecule has 1 heterocycles. The zero-order valence-electron chi connectivity index (χ0n) is 19.7. The van der Waals surface area contributed by atoms with Crippen LogP contribution in [-0.2, 0) is 4.79 Å². The first-order chi connectivity index (χ1) is 18.0. The van der Waals surface area contributed by atoms with Crippen LogP contribution in [0.4, 0.5) is 0 Å². The minimum atomic E-state index is -0.247. The van der Waals surface area contributed by atoms with Crippen LogP contribution in [-0.4, -0.2) is 32.1 Å². The summed E-state index contributed by atoms with van der Waals surface area (Å²) in [6.07, 6.45) is 0. The summed E-state index contributed by atoms with van der Waals surface area (Å²) in [6, 6.07) is 28.8. The number of halogens is 2. The summed E-state index contributed by atoms with van der Waals surface area (Å²) < 4.78 is 1.89. The van der Waals surface area contributed by atoms with Gasteiger partial charge in [0, 0.05) is 26.9 Å². The lowest BCUT2D eigenvalue weighted by Crippen LogP contribution is -2.21. The zero-order chi connectivity index (χ0) is 25.8. The van der Waals surface area contributed by atoms with Gasteiger partial charge in [0.15, 0.2) is 11.0 Å². The van der Waals surface area contributed by atoms with Gasteiger partial charge in [-0.1, -0.05) is 77.4 Å². The summed E-state index contributed by atoms with van der Waals surface area (Å²) in [7, 11) is 0. The molecule has 0 fully saturated rings. The van der Waals surface area contributed by atoms with Crippen molar-refractivity contribution in [2.24, 2.45) is 5.10 Å². The minimum absolute atomic E-state index is 0.110. The molecule has 9 heteroatoms. The number of carbonyl (C=O) groups is 1. The van der Waals surface area contributed by atoms with Gasteiger partial charge < -0.3 is 0 Å². The third-order valence-corrected chi connectivity index (χ3v) is 7.11. The van der Waals surface area contributed by atoms with Gasteiger partial charge in [-0.2, -0.15) is 5.10 Å². The monoisotopic (exact) mass is 545 g/mol.